The summed E-state index contributed by atoms with van der Waals surface area (Å²) in [5, 5.41) is 5.43. The standard InChI is InChI=1S/C15H19F2N3O2/c1-10(21)19-14-3-2-4-20(9-14)15(22)18-8-11-5-12(16)7-13(17)6-11/h5-7,14H,2-4,8-9H2,1H3,(H,18,22)(H,19,21)/t14-/m1/s1. The first kappa shape index (κ1) is 16.2. The van der Waals surface area contributed by atoms with Crippen LogP contribution < -0.4 is 10.6 Å². The molecule has 2 rings (SSSR count). The number of hydrogen-bond donors (Lipinski definition) is 2. The van der Waals surface area contributed by atoms with Gasteiger partial charge in [0.05, 0.1) is 0 Å². The number of halogens is 2. The van der Waals surface area contributed by atoms with E-state index in [4.69, 9.17) is 0 Å². The highest BCUT2D eigenvalue weighted by atomic mass is 19.1. The third kappa shape index (κ3) is 4.68. The molecule has 3 amide bonds. The van der Waals surface area contributed by atoms with Gasteiger partial charge in [0.2, 0.25) is 5.91 Å². The molecule has 1 aliphatic heterocycles. The Morgan fingerprint density at radius 1 is 1.27 bits per heavy atom. The highest BCUT2D eigenvalue weighted by Gasteiger charge is 2.23. The van der Waals surface area contributed by atoms with Gasteiger partial charge in [-0.25, -0.2) is 13.6 Å². The summed E-state index contributed by atoms with van der Waals surface area (Å²) in [4.78, 5) is 24.7. The van der Waals surface area contributed by atoms with Crippen LogP contribution in [0.1, 0.15) is 25.3 Å². The Morgan fingerprint density at radius 2 is 1.95 bits per heavy atom. The van der Waals surface area contributed by atoms with Crippen LogP contribution in [0.5, 0.6) is 0 Å². The minimum absolute atomic E-state index is 0.0504. The molecule has 22 heavy (non-hydrogen) atoms. The number of nitrogens with zero attached hydrogens (tertiary/aromatic N) is 1. The summed E-state index contributed by atoms with van der Waals surface area (Å²) >= 11 is 0. The second-order valence-electron chi connectivity index (χ2n) is 5.42. The van der Waals surface area contributed by atoms with E-state index in [-0.39, 0.29) is 24.5 Å². The lowest BCUT2D eigenvalue weighted by atomic mass is 10.1. The number of nitrogens with one attached hydrogen (secondary N) is 2. The number of hydrogen-bond acceptors (Lipinski definition) is 2. The zero-order valence-electron chi connectivity index (χ0n) is 12.4. The molecular weight excluding hydrogens is 292 g/mol. The number of benzene rings is 1. The van der Waals surface area contributed by atoms with Crippen molar-refractivity contribution in [1.29, 1.82) is 0 Å². The van der Waals surface area contributed by atoms with Gasteiger partial charge in [0.15, 0.2) is 0 Å². The molecule has 1 aromatic carbocycles. The molecule has 0 radical (unpaired) electrons. The number of amides is 3. The Labute approximate surface area is 127 Å². The molecule has 1 aromatic rings. The van der Waals surface area contributed by atoms with Crippen molar-refractivity contribution in [3.63, 3.8) is 0 Å². The minimum Gasteiger partial charge on any atom is -0.352 e. The van der Waals surface area contributed by atoms with Gasteiger partial charge in [0.25, 0.3) is 0 Å². The third-order valence-corrected chi connectivity index (χ3v) is 3.48. The zero-order valence-corrected chi connectivity index (χ0v) is 12.4. The molecule has 0 aliphatic carbocycles. The monoisotopic (exact) mass is 311 g/mol. The van der Waals surface area contributed by atoms with Gasteiger partial charge < -0.3 is 15.5 Å². The van der Waals surface area contributed by atoms with Gasteiger partial charge in [0, 0.05) is 38.7 Å². The molecule has 0 aromatic heterocycles. The van der Waals surface area contributed by atoms with Gasteiger partial charge in [-0.05, 0) is 30.5 Å². The summed E-state index contributed by atoms with van der Waals surface area (Å²) in [5.41, 5.74) is 0.362. The smallest absolute Gasteiger partial charge is 0.317 e. The first-order valence-electron chi connectivity index (χ1n) is 7.19. The van der Waals surface area contributed by atoms with E-state index in [0.29, 0.717) is 18.7 Å². The molecular formula is C15H19F2N3O2. The summed E-state index contributed by atoms with van der Waals surface area (Å²) in [7, 11) is 0. The number of rotatable bonds is 3. The molecule has 0 unspecified atom stereocenters. The fourth-order valence-corrected chi connectivity index (χ4v) is 2.57. The van der Waals surface area contributed by atoms with Crippen molar-refractivity contribution < 1.29 is 18.4 Å². The molecule has 120 valence electrons. The second-order valence-corrected chi connectivity index (χ2v) is 5.42. The molecule has 0 saturated carbocycles. The number of urea groups is 1. The summed E-state index contributed by atoms with van der Waals surface area (Å²) in [6.45, 7) is 2.52. The molecule has 1 atom stereocenters. The van der Waals surface area contributed by atoms with Crippen LogP contribution in [0.3, 0.4) is 0 Å². The minimum atomic E-state index is -0.673. The third-order valence-electron chi connectivity index (χ3n) is 3.48. The van der Waals surface area contributed by atoms with Gasteiger partial charge in [-0.15, -0.1) is 0 Å². The van der Waals surface area contributed by atoms with Crippen molar-refractivity contribution in [3.8, 4) is 0 Å². The summed E-state index contributed by atoms with van der Waals surface area (Å²) in [6.07, 6.45) is 1.63. The molecule has 2 N–H and O–H groups in total. The van der Waals surface area contributed by atoms with Crippen LogP contribution in [-0.4, -0.2) is 36.0 Å². The first-order valence-corrected chi connectivity index (χ1v) is 7.19. The van der Waals surface area contributed by atoms with E-state index in [9.17, 15) is 18.4 Å². The molecule has 1 heterocycles. The average Bonchev–Trinajstić information content (AvgIpc) is 2.43. The van der Waals surface area contributed by atoms with Crippen LogP contribution in [0.25, 0.3) is 0 Å². The van der Waals surface area contributed by atoms with Gasteiger partial charge >= 0.3 is 6.03 Å². The largest absolute Gasteiger partial charge is 0.352 e. The van der Waals surface area contributed by atoms with Gasteiger partial charge in [0.1, 0.15) is 11.6 Å². The van der Waals surface area contributed by atoms with Crippen LogP contribution in [0.4, 0.5) is 13.6 Å². The van der Waals surface area contributed by atoms with E-state index < -0.39 is 11.6 Å². The number of carbonyl (C=O) groups is 2. The molecule has 5 nitrogen and oxygen atoms in total. The van der Waals surface area contributed by atoms with E-state index in [0.717, 1.165) is 18.9 Å². The van der Waals surface area contributed by atoms with E-state index in [1.54, 1.807) is 4.90 Å². The van der Waals surface area contributed by atoms with Crippen molar-refractivity contribution in [2.45, 2.75) is 32.4 Å². The fraction of sp³-hybridized carbons (Fsp3) is 0.467. The lowest BCUT2D eigenvalue weighted by Crippen LogP contribution is -2.51. The van der Waals surface area contributed by atoms with Crippen LogP contribution >= 0.6 is 0 Å². The lowest BCUT2D eigenvalue weighted by Gasteiger charge is -2.33. The van der Waals surface area contributed by atoms with Crippen molar-refractivity contribution in [2.24, 2.45) is 0 Å². The van der Waals surface area contributed by atoms with Crippen molar-refractivity contribution in [1.82, 2.24) is 15.5 Å². The number of carbonyl (C=O) groups excluding carboxylic acids is 2. The highest BCUT2D eigenvalue weighted by Crippen LogP contribution is 2.11. The highest BCUT2D eigenvalue weighted by molar-refractivity contribution is 5.75. The molecule has 1 aliphatic rings. The Hall–Kier alpha value is -2.18. The van der Waals surface area contributed by atoms with Gasteiger partial charge in [-0.2, -0.15) is 0 Å². The average molecular weight is 311 g/mol. The fourth-order valence-electron chi connectivity index (χ4n) is 2.57. The SMILES string of the molecule is CC(=O)N[C@@H]1CCCN(C(=O)NCc2cc(F)cc(F)c2)C1. The molecule has 1 saturated heterocycles. The summed E-state index contributed by atoms with van der Waals surface area (Å²) < 4.78 is 26.2. The van der Waals surface area contributed by atoms with Gasteiger partial charge in [-0.1, -0.05) is 0 Å². The van der Waals surface area contributed by atoms with E-state index in [2.05, 4.69) is 10.6 Å². The first-order chi connectivity index (χ1) is 10.4. The molecule has 7 heteroatoms. The van der Waals surface area contributed by atoms with Crippen molar-refractivity contribution in [3.05, 3.63) is 35.4 Å². The van der Waals surface area contributed by atoms with E-state index >= 15 is 0 Å². The summed E-state index contributed by atoms with van der Waals surface area (Å²) in [6, 6.07) is 2.79. The van der Waals surface area contributed by atoms with Crippen molar-refractivity contribution in [2.75, 3.05) is 13.1 Å². The number of likely N-dealkylation sites (tertiary alicyclic amines) is 1. The van der Waals surface area contributed by atoms with E-state index in [1.807, 2.05) is 0 Å². The molecule has 1 fully saturated rings. The van der Waals surface area contributed by atoms with Gasteiger partial charge in [-0.3, -0.25) is 4.79 Å². The summed E-state index contributed by atoms with van der Waals surface area (Å²) in [5.74, 6) is -1.47. The van der Waals surface area contributed by atoms with Crippen LogP contribution in [0.2, 0.25) is 0 Å². The maximum absolute atomic E-state index is 13.1. The maximum atomic E-state index is 13.1. The predicted molar refractivity (Wildman–Crippen MR) is 77.0 cm³/mol. The topological polar surface area (TPSA) is 61.4 Å². The molecule has 0 spiro atoms. The quantitative estimate of drug-likeness (QED) is 0.894. The number of piperidine rings is 1. The zero-order chi connectivity index (χ0) is 16.1. The molecule has 0 bridgehead atoms. The Balaban J connectivity index is 1.87. The lowest BCUT2D eigenvalue weighted by molar-refractivity contribution is -0.119. The maximum Gasteiger partial charge on any atom is 0.317 e. The normalized spacial score (nSPS) is 18.0. The Bertz CT molecular complexity index is 545. The van der Waals surface area contributed by atoms with Crippen LogP contribution in [-0.2, 0) is 11.3 Å². The van der Waals surface area contributed by atoms with Crippen LogP contribution in [0.15, 0.2) is 18.2 Å². The van der Waals surface area contributed by atoms with E-state index in [1.165, 1.54) is 19.1 Å². The van der Waals surface area contributed by atoms with Crippen LogP contribution in [0, 0.1) is 11.6 Å². The second kappa shape index (κ2) is 7.20. The Kier molecular flexibility index (Phi) is 5.30. The Morgan fingerprint density at radius 3 is 2.59 bits per heavy atom. The predicted octanol–water partition coefficient (Wildman–Crippen LogP) is 1.77. The van der Waals surface area contributed by atoms with Crippen molar-refractivity contribution >= 4 is 11.9 Å².